The van der Waals surface area contributed by atoms with Gasteiger partial charge in [0.25, 0.3) is 5.78 Å². The molecule has 6 heteroatoms. The van der Waals surface area contributed by atoms with Gasteiger partial charge in [-0.25, -0.2) is 9.50 Å². The molecule has 5 nitrogen and oxygen atoms in total. The maximum absolute atomic E-state index is 5.50. The van der Waals surface area contributed by atoms with Gasteiger partial charge in [-0.1, -0.05) is 6.92 Å². The van der Waals surface area contributed by atoms with Crippen LogP contribution in [-0.2, 0) is 0 Å². The smallest absolute Gasteiger partial charge is 0.252 e. The first-order chi connectivity index (χ1) is 7.20. The molecule has 1 unspecified atom stereocenters. The van der Waals surface area contributed by atoms with Crippen LogP contribution in [-0.4, -0.2) is 26.1 Å². The van der Waals surface area contributed by atoms with E-state index in [2.05, 4.69) is 37.9 Å². The van der Waals surface area contributed by atoms with Crippen molar-refractivity contribution in [2.45, 2.75) is 19.3 Å². The van der Waals surface area contributed by atoms with Gasteiger partial charge in [0.15, 0.2) is 5.82 Å². The lowest BCUT2D eigenvalue weighted by Crippen LogP contribution is -2.05. The van der Waals surface area contributed by atoms with Gasteiger partial charge < -0.3 is 5.73 Å². The van der Waals surface area contributed by atoms with Crippen molar-refractivity contribution in [2.75, 3.05) is 6.54 Å². The van der Waals surface area contributed by atoms with E-state index in [1.54, 1.807) is 10.7 Å². The molecule has 0 radical (unpaired) electrons. The zero-order chi connectivity index (χ0) is 10.8. The Labute approximate surface area is 95.8 Å². The van der Waals surface area contributed by atoms with E-state index in [4.69, 9.17) is 5.73 Å². The second kappa shape index (κ2) is 4.24. The molecule has 80 valence electrons. The minimum absolute atomic E-state index is 0.274. The SMILES string of the molecule is CC(CCN)c1nc2ncc(Br)cn2n1. The number of rotatable bonds is 3. The predicted octanol–water partition coefficient (Wildman–Crippen LogP) is 1.34. The summed E-state index contributed by atoms with van der Waals surface area (Å²) in [5.74, 6) is 1.69. The summed E-state index contributed by atoms with van der Waals surface area (Å²) in [6.45, 7) is 2.71. The third-order valence-electron chi connectivity index (χ3n) is 2.22. The van der Waals surface area contributed by atoms with Gasteiger partial charge in [-0.3, -0.25) is 0 Å². The fraction of sp³-hybridized carbons (Fsp3) is 0.444. The first-order valence-corrected chi connectivity index (χ1v) is 5.58. The van der Waals surface area contributed by atoms with E-state index in [1.165, 1.54) is 0 Å². The molecule has 1 atom stereocenters. The van der Waals surface area contributed by atoms with Gasteiger partial charge in [0.1, 0.15) is 0 Å². The highest BCUT2D eigenvalue weighted by molar-refractivity contribution is 9.10. The summed E-state index contributed by atoms with van der Waals surface area (Å²) < 4.78 is 2.56. The van der Waals surface area contributed by atoms with Crippen molar-refractivity contribution in [2.24, 2.45) is 5.73 Å². The summed E-state index contributed by atoms with van der Waals surface area (Å²) in [7, 11) is 0. The maximum Gasteiger partial charge on any atom is 0.252 e. The van der Waals surface area contributed by atoms with Crippen molar-refractivity contribution in [3.8, 4) is 0 Å². The molecule has 2 aromatic rings. The van der Waals surface area contributed by atoms with Crippen molar-refractivity contribution in [1.29, 1.82) is 0 Å². The lowest BCUT2D eigenvalue weighted by molar-refractivity contribution is 0.645. The second-order valence-corrected chi connectivity index (χ2v) is 4.38. The van der Waals surface area contributed by atoms with Gasteiger partial charge in [-0.05, 0) is 28.9 Å². The highest BCUT2D eigenvalue weighted by atomic mass is 79.9. The summed E-state index contributed by atoms with van der Waals surface area (Å²) >= 11 is 3.34. The van der Waals surface area contributed by atoms with Gasteiger partial charge in [0.05, 0.1) is 4.47 Å². The molecule has 2 rings (SSSR count). The minimum atomic E-state index is 0.274. The molecule has 0 fully saturated rings. The summed E-state index contributed by atoms with van der Waals surface area (Å²) in [5, 5.41) is 4.35. The fourth-order valence-corrected chi connectivity index (χ4v) is 1.66. The van der Waals surface area contributed by atoms with Gasteiger partial charge >= 0.3 is 0 Å². The molecule has 0 aromatic carbocycles. The molecule has 2 heterocycles. The van der Waals surface area contributed by atoms with Crippen molar-refractivity contribution in [1.82, 2.24) is 19.6 Å². The zero-order valence-electron chi connectivity index (χ0n) is 8.39. The molecular formula is C9H12BrN5. The third kappa shape index (κ3) is 2.15. The minimum Gasteiger partial charge on any atom is -0.330 e. The largest absolute Gasteiger partial charge is 0.330 e. The Morgan fingerprint density at radius 3 is 3.13 bits per heavy atom. The van der Waals surface area contributed by atoms with Crippen LogP contribution in [0.5, 0.6) is 0 Å². The van der Waals surface area contributed by atoms with Crippen LogP contribution in [0.4, 0.5) is 0 Å². The molecule has 0 aliphatic carbocycles. The molecule has 0 bridgehead atoms. The van der Waals surface area contributed by atoms with Gasteiger partial charge in [-0.15, -0.1) is 5.10 Å². The van der Waals surface area contributed by atoms with Gasteiger partial charge in [0.2, 0.25) is 0 Å². The topological polar surface area (TPSA) is 69.1 Å². The lowest BCUT2D eigenvalue weighted by atomic mass is 10.1. The van der Waals surface area contributed by atoms with Crippen LogP contribution in [0.15, 0.2) is 16.9 Å². The number of hydrogen-bond acceptors (Lipinski definition) is 4. The van der Waals surface area contributed by atoms with Crippen LogP contribution in [0.2, 0.25) is 0 Å². The summed E-state index contributed by atoms with van der Waals surface area (Å²) in [6.07, 6.45) is 4.44. The first-order valence-electron chi connectivity index (χ1n) is 4.78. The molecule has 2 N–H and O–H groups in total. The number of hydrogen-bond donors (Lipinski definition) is 1. The van der Waals surface area contributed by atoms with Crippen molar-refractivity contribution >= 4 is 21.7 Å². The van der Waals surface area contributed by atoms with E-state index in [-0.39, 0.29) is 5.92 Å². The van der Waals surface area contributed by atoms with E-state index in [0.29, 0.717) is 12.3 Å². The number of fused-ring (bicyclic) bond motifs is 1. The van der Waals surface area contributed by atoms with E-state index < -0.39 is 0 Å². The standard InChI is InChI=1S/C9H12BrN5/c1-6(2-3-11)8-13-9-12-4-7(10)5-15(9)14-8/h4-6H,2-3,11H2,1H3. The lowest BCUT2D eigenvalue weighted by Gasteiger charge is -2.02. The predicted molar refractivity (Wildman–Crippen MR) is 60.6 cm³/mol. The summed E-state index contributed by atoms with van der Waals surface area (Å²) in [6, 6.07) is 0. The number of aromatic nitrogens is 4. The van der Waals surface area contributed by atoms with Crippen molar-refractivity contribution in [3.63, 3.8) is 0 Å². The fourth-order valence-electron chi connectivity index (χ4n) is 1.36. The Morgan fingerprint density at radius 1 is 1.60 bits per heavy atom. The Bertz CT molecular complexity index is 466. The Kier molecular flexibility index (Phi) is 2.97. The Hall–Kier alpha value is -1.01. The monoisotopic (exact) mass is 269 g/mol. The van der Waals surface area contributed by atoms with Crippen LogP contribution >= 0.6 is 15.9 Å². The highest BCUT2D eigenvalue weighted by Crippen LogP contribution is 2.15. The van der Waals surface area contributed by atoms with Crippen LogP contribution in [0.3, 0.4) is 0 Å². The molecule has 0 aliphatic rings. The quantitative estimate of drug-likeness (QED) is 0.913. The van der Waals surface area contributed by atoms with Crippen LogP contribution in [0, 0.1) is 0 Å². The molecule has 0 spiro atoms. The van der Waals surface area contributed by atoms with Crippen LogP contribution in [0.25, 0.3) is 5.78 Å². The van der Waals surface area contributed by atoms with Gasteiger partial charge in [-0.2, -0.15) is 4.98 Å². The second-order valence-electron chi connectivity index (χ2n) is 3.47. The first kappa shape index (κ1) is 10.5. The van der Waals surface area contributed by atoms with E-state index in [0.717, 1.165) is 16.7 Å². The van der Waals surface area contributed by atoms with Crippen LogP contribution < -0.4 is 5.73 Å². The van der Waals surface area contributed by atoms with Crippen molar-refractivity contribution in [3.05, 3.63) is 22.7 Å². The average Bonchev–Trinajstić information content (AvgIpc) is 2.60. The molecule has 2 aromatic heterocycles. The van der Waals surface area contributed by atoms with Gasteiger partial charge in [0, 0.05) is 18.3 Å². The Balaban J connectivity index is 2.38. The number of halogens is 1. The summed E-state index contributed by atoms with van der Waals surface area (Å²) in [4.78, 5) is 8.49. The summed E-state index contributed by atoms with van der Waals surface area (Å²) in [5.41, 5.74) is 5.50. The number of nitrogens with zero attached hydrogens (tertiary/aromatic N) is 4. The maximum atomic E-state index is 5.50. The molecule has 0 amide bonds. The number of nitrogens with two attached hydrogens (primary N) is 1. The highest BCUT2D eigenvalue weighted by Gasteiger charge is 2.11. The third-order valence-corrected chi connectivity index (χ3v) is 2.63. The van der Waals surface area contributed by atoms with E-state index in [9.17, 15) is 0 Å². The molecule has 15 heavy (non-hydrogen) atoms. The van der Waals surface area contributed by atoms with Crippen molar-refractivity contribution < 1.29 is 0 Å². The van der Waals surface area contributed by atoms with E-state index >= 15 is 0 Å². The van der Waals surface area contributed by atoms with Crippen LogP contribution in [0.1, 0.15) is 25.1 Å². The Morgan fingerprint density at radius 2 is 2.40 bits per heavy atom. The molecule has 0 aliphatic heterocycles. The van der Waals surface area contributed by atoms with E-state index in [1.807, 2.05) is 6.20 Å². The zero-order valence-corrected chi connectivity index (χ0v) is 9.98. The normalized spacial score (nSPS) is 13.3. The molecule has 0 saturated heterocycles. The molecule has 0 saturated carbocycles. The average molecular weight is 270 g/mol. The molecular weight excluding hydrogens is 258 g/mol.